The number of fused-ring (bicyclic) bond motifs is 2. The monoisotopic (exact) mass is 626 g/mol. The highest BCUT2D eigenvalue weighted by atomic mass is 79.9. The van der Waals surface area contributed by atoms with Gasteiger partial charge in [-0.25, -0.2) is 4.79 Å². The first-order valence-electron chi connectivity index (χ1n) is 13.7. The number of carbonyl (C=O) groups excluding carboxylic acids is 1. The van der Waals surface area contributed by atoms with Gasteiger partial charge in [0.05, 0.1) is 29.4 Å². The number of likely N-dealkylation sites (tertiary alicyclic amines) is 1. The molecular weight excluding hydrogens is 596 g/mol. The first-order valence-corrected chi connectivity index (χ1v) is 14.8. The molecule has 11 heteroatoms. The number of hydrogen-bond donors (Lipinski definition) is 2. The summed E-state index contributed by atoms with van der Waals surface area (Å²) in [7, 11) is 0. The molecule has 0 unspecified atom stereocenters. The first-order chi connectivity index (χ1) is 19.3. The zero-order valence-electron chi connectivity index (χ0n) is 22.3. The highest BCUT2D eigenvalue weighted by Crippen LogP contribution is 2.32. The number of β-amino-alcohol motifs (C(OH)–C–C–N with tert-alkyl or cyclic N) is 1. The molecule has 0 saturated carbocycles. The molecule has 2 aromatic heterocycles. The molecule has 1 fully saturated rings. The van der Waals surface area contributed by atoms with Crippen LogP contribution in [0.15, 0.2) is 51.7 Å². The first kappa shape index (κ1) is 27.3. The number of aliphatic hydroxyl groups is 1. The second-order valence-corrected chi connectivity index (χ2v) is 12.2. The Labute approximate surface area is 245 Å². The van der Waals surface area contributed by atoms with Gasteiger partial charge in [0.2, 0.25) is 5.91 Å². The Hall–Kier alpha value is -2.92. The van der Waals surface area contributed by atoms with Crippen LogP contribution in [-0.2, 0) is 24.3 Å². The van der Waals surface area contributed by atoms with E-state index in [1.54, 1.807) is 13.0 Å². The number of halogens is 2. The summed E-state index contributed by atoms with van der Waals surface area (Å²) in [6.45, 7) is 5.27. The molecule has 2 aromatic carbocycles. The maximum Gasteiger partial charge on any atom is 0.326 e. The van der Waals surface area contributed by atoms with Gasteiger partial charge in [0, 0.05) is 78.4 Å². The predicted octanol–water partition coefficient (Wildman–Crippen LogP) is 4.21. The Balaban J connectivity index is 1.15. The second-order valence-electron chi connectivity index (χ2n) is 10.8. The van der Waals surface area contributed by atoms with Crippen LogP contribution in [0.3, 0.4) is 0 Å². The molecule has 4 heterocycles. The van der Waals surface area contributed by atoms with Crippen molar-refractivity contribution in [3.05, 3.63) is 73.7 Å². The van der Waals surface area contributed by atoms with Crippen LogP contribution in [0.2, 0.25) is 5.02 Å². The molecule has 210 valence electrons. The van der Waals surface area contributed by atoms with Gasteiger partial charge in [0.15, 0.2) is 0 Å². The fourth-order valence-corrected chi connectivity index (χ4v) is 6.55. The van der Waals surface area contributed by atoms with Crippen molar-refractivity contribution in [1.29, 1.82) is 0 Å². The van der Waals surface area contributed by atoms with Crippen molar-refractivity contribution in [2.45, 2.75) is 51.4 Å². The lowest BCUT2D eigenvalue weighted by atomic mass is 10.0. The van der Waals surface area contributed by atoms with Crippen LogP contribution in [-0.4, -0.2) is 72.4 Å². The van der Waals surface area contributed by atoms with E-state index in [1.807, 2.05) is 50.5 Å². The zero-order valence-corrected chi connectivity index (χ0v) is 24.7. The summed E-state index contributed by atoms with van der Waals surface area (Å²) < 4.78 is 4.77. The molecule has 1 amide bonds. The molecule has 40 heavy (non-hydrogen) atoms. The molecule has 0 spiro atoms. The number of imidazole rings is 1. The molecule has 4 aromatic rings. The molecule has 1 atom stereocenters. The lowest BCUT2D eigenvalue weighted by molar-refractivity contribution is -0.129. The van der Waals surface area contributed by atoms with E-state index >= 15 is 0 Å². The summed E-state index contributed by atoms with van der Waals surface area (Å²) in [4.78, 5) is 31.9. The van der Waals surface area contributed by atoms with Gasteiger partial charge in [-0.1, -0.05) is 39.7 Å². The summed E-state index contributed by atoms with van der Waals surface area (Å²) in [5.74, 6) is 0.0570. The highest BCUT2D eigenvalue weighted by molar-refractivity contribution is 9.10. The van der Waals surface area contributed by atoms with Crippen LogP contribution in [0.5, 0.6) is 0 Å². The number of hydrogen-bond acceptors (Lipinski definition) is 5. The van der Waals surface area contributed by atoms with Crippen molar-refractivity contribution in [1.82, 2.24) is 29.1 Å². The summed E-state index contributed by atoms with van der Waals surface area (Å²) in [6, 6.07) is 13.6. The van der Waals surface area contributed by atoms with Crippen LogP contribution >= 0.6 is 27.5 Å². The summed E-state index contributed by atoms with van der Waals surface area (Å²) >= 11 is 9.70. The predicted molar refractivity (Wildman–Crippen MR) is 158 cm³/mol. The van der Waals surface area contributed by atoms with Crippen molar-refractivity contribution < 1.29 is 9.90 Å². The van der Waals surface area contributed by atoms with Gasteiger partial charge in [0.25, 0.3) is 0 Å². The fraction of sp³-hybridized carbons (Fsp3) is 0.414. The number of benzene rings is 2. The minimum Gasteiger partial charge on any atom is -0.390 e. The van der Waals surface area contributed by atoms with Crippen molar-refractivity contribution in [2.24, 2.45) is 0 Å². The lowest BCUT2D eigenvalue weighted by Crippen LogP contribution is -2.42. The molecule has 6 rings (SSSR count). The number of carbonyl (C=O) groups is 1. The van der Waals surface area contributed by atoms with Crippen LogP contribution in [0.1, 0.15) is 37.1 Å². The van der Waals surface area contributed by atoms with E-state index in [1.165, 1.54) is 0 Å². The van der Waals surface area contributed by atoms with E-state index in [0.29, 0.717) is 37.6 Å². The van der Waals surface area contributed by atoms with E-state index < -0.39 is 6.10 Å². The number of H-pyrrole nitrogens is 1. The number of piperidine rings is 1. The van der Waals surface area contributed by atoms with Crippen molar-refractivity contribution in [3.8, 4) is 11.3 Å². The summed E-state index contributed by atoms with van der Waals surface area (Å²) in [5.41, 5.74) is 5.53. The van der Waals surface area contributed by atoms with Gasteiger partial charge >= 0.3 is 5.69 Å². The molecular formula is C29H32BrClN6O3. The van der Waals surface area contributed by atoms with Crippen LogP contribution in [0.4, 0.5) is 0 Å². The average molecular weight is 628 g/mol. The normalized spacial score (nSPS) is 17.4. The third-order valence-corrected chi connectivity index (χ3v) is 8.92. The van der Waals surface area contributed by atoms with Crippen LogP contribution < -0.4 is 5.69 Å². The van der Waals surface area contributed by atoms with Gasteiger partial charge in [-0.05, 0) is 43.2 Å². The molecule has 0 aliphatic carbocycles. The number of aromatic amines is 1. The lowest BCUT2D eigenvalue weighted by Gasteiger charge is -2.33. The Morgan fingerprint density at radius 2 is 1.90 bits per heavy atom. The highest BCUT2D eigenvalue weighted by Gasteiger charge is 2.29. The van der Waals surface area contributed by atoms with Crippen molar-refractivity contribution >= 4 is 44.5 Å². The Morgan fingerprint density at radius 3 is 2.62 bits per heavy atom. The SMILES string of the molecule is CC(=O)N1CCc2c(c(-c3ccc(Br)cc3)nn2C[C@H](O)CN2CCC(n3c(=O)[nH]c4ccc(Cl)cc43)CC2)C1. The van der Waals surface area contributed by atoms with Gasteiger partial charge in [-0.15, -0.1) is 0 Å². The fourth-order valence-electron chi connectivity index (χ4n) is 6.12. The topological polar surface area (TPSA) is 99.4 Å². The van der Waals surface area contributed by atoms with Crippen LogP contribution in [0.25, 0.3) is 22.3 Å². The van der Waals surface area contributed by atoms with E-state index in [9.17, 15) is 14.7 Å². The second kappa shape index (κ2) is 11.2. The van der Waals surface area contributed by atoms with E-state index in [-0.39, 0.29) is 17.6 Å². The van der Waals surface area contributed by atoms with E-state index in [2.05, 4.69) is 25.8 Å². The van der Waals surface area contributed by atoms with Gasteiger partial charge in [-0.3, -0.25) is 14.0 Å². The smallest absolute Gasteiger partial charge is 0.326 e. The Kier molecular flexibility index (Phi) is 7.60. The third kappa shape index (κ3) is 5.37. The molecule has 0 radical (unpaired) electrons. The standard InChI is InChI=1S/C29H32BrClN6O3/c1-18(38)35-13-10-26-24(17-35)28(19-2-4-20(30)5-3-19)33-36(26)16-23(39)15-34-11-8-22(9-12-34)37-27-14-21(31)6-7-25(27)32-29(37)40/h2-7,14,22-23,39H,8-13,15-17H2,1H3,(H,32,40)/t23-/m1/s1. The minimum atomic E-state index is -0.598. The molecule has 2 aliphatic rings. The Morgan fingerprint density at radius 1 is 1.15 bits per heavy atom. The summed E-state index contributed by atoms with van der Waals surface area (Å²) in [5, 5.41) is 16.7. The number of amides is 1. The van der Waals surface area contributed by atoms with Gasteiger partial charge in [-0.2, -0.15) is 5.10 Å². The quantitative estimate of drug-likeness (QED) is 0.334. The molecule has 0 bridgehead atoms. The largest absolute Gasteiger partial charge is 0.390 e. The zero-order chi connectivity index (χ0) is 28.0. The number of nitrogens with one attached hydrogen (secondary N) is 1. The molecule has 2 N–H and O–H groups in total. The van der Waals surface area contributed by atoms with Crippen molar-refractivity contribution in [2.75, 3.05) is 26.2 Å². The van der Waals surface area contributed by atoms with Crippen LogP contribution in [0, 0.1) is 0 Å². The number of aliphatic hydroxyl groups excluding tert-OH is 1. The molecule has 2 aliphatic heterocycles. The maximum absolute atomic E-state index is 12.7. The van der Waals surface area contributed by atoms with Gasteiger partial charge < -0.3 is 19.9 Å². The minimum absolute atomic E-state index is 0.0570. The van der Waals surface area contributed by atoms with Gasteiger partial charge in [0.1, 0.15) is 0 Å². The van der Waals surface area contributed by atoms with Crippen molar-refractivity contribution in [3.63, 3.8) is 0 Å². The molecule has 9 nitrogen and oxygen atoms in total. The number of nitrogens with zero attached hydrogens (tertiary/aromatic N) is 5. The maximum atomic E-state index is 12.7. The molecule has 1 saturated heterocycles. The average Bonchev–Trinajstić information content (AvgIpc) is 3.45. The number of rotatable bonds is 6. The Bertz CT molecular complexity index is 1600. The van der Waals surface area contributed by atoms with E-state index in [0.717, 1.165) is 64.0 Å². The third-order valence-electron chi connectivity index (χ3n) is 8.15. The summed E-state index contributed by atoms with van der Waals surface area (Å²) in [6.07, 6.45) is 1.74. The number of aromatic nitrogens is 4. The van der Waals surface area contributed by atoms with E-state index in [4.69, 9.17) is 16.7 Å².